The molecule has 3 nitrogen and oxygen atoms in total. The largest absolute Gasteiger partial charge is 0.361 e. The van der Waals surface area contributed by atoms with Crippen LogP contribution in [-0.2, 0) is 0 Å². The van der Waals surface area contributed by atoms with Crippen LogP contribution in [0.25, 0.3) is 0 Å². The fourth-order valence-corrected chi connectivity index (χ4v) is 3.30. The quantitative estimate of drug-likeness (QED) is 0.832. The van der Waals surface area contributed by atoms with E-state index in [9.17, 15) is 0 Å². The van der Waals surface area contributed by atoms with E-state index in [0.717, 1.165) is 17.3 Å². The molecule has 0 atom stereocenters. The van der Waals surface area contributed by atoms with E-state index in [4.69, 9.17) is 12.2 Å². The zero-order valence-electron chi connectivity index (χ0n) is 13.4. The molecule has 1 saturated carbocycles. The van der Waals surface area contributed by atoms with Gasteiger partial charge in [0.15, 0.2) is 5.11 Å². The molecule has 1 aromatic carbocycles. The van der Waals surface area contributed by atoms with Crippen LogP contribution < -0.4 is 10.6 Å². The van der Waals surface area contributed by atoms with Gasteiger partial charge in [0.05, 0.1) is 0 Å². The SMILES string of the molecule is Cc1ccccc1NC(=S)NCC1(N(C)C)CCCCC1. The number of rotatable bonds is 4. The maximum Gasteiger partial charge on any atom is 0.170 e. The van der Waals surface area contributed by atoms with Crippen molar-refractivity contribution < 1.29 is 0 Å². The summed E-state index contributed by atoms with van der Waals surface area (Å²) in [4.78, 5) is 2.37. The third-order valence-corrected chi connectivity index (χ3v) is 4.95. The molecule has 0 bridgehead atoms. The number of nitrogens with one attached hydrogen (secondary N) is 2. The third kappa shape index (κ3) is 4.17. The van der Waals surface area contributed by atoms with Crippen molar-refractivity contribution >= 4 is 23.0 Å². The van der Waals surface area contributed by atoms with Gasteiger partial charge in [-0.1, -0.05) is 37.5 Å². The molecule has 0 spiro atoms. The number of hydrogen-bond acceptors (Lipinski definition) is 2. The zero-order chi connectivity index (χ0) is 15.3. The number of benzene rings is 1. The Labute approximate surface area is 134 Å². The van der Waals surface area contributed by atoms with E-state index < -0.39 is 0 Å². The minimum Gasteiger partial charge on any atom is -0.361 e. The van der Waals surface area contributed by atoms with Crippen molar-refractivity contribution in [3.63, 3.8) is 0 Å². The average molecular weight is 305 g/mol. The second-order valence-electron chi connectivity index (χ2n) is 6.30. The molecular weight excluding hydrogens is 278 g/mol. The minimum atomic E-state index is 0.246. The molecule has 4 heteroatoms. The fourth-order valence-electron chi connectivity index (χ4n) is 3.12. The first kappa shape index (κ1) is 16.2. The standard InChI is InChI=1S/C17H27N3S/c1-14-9-5-6-10-15(14)19-16(21)18-13-17(20(2)3)11-7-4-8-12-17/h5-6,9-10H,4,7-8,11-13H2,1-3H3,(H2,18,19,21). The van der Waals surface area contributed by atoms with E-state index >= 15 is 0 Å². The first-order chi connectivity index (χ1) is 10.0. The molecule has 2 rings (SSSR count). The van der Waals surface area contributed by atoms with Crippen molar-refractivity contribution in [2.75, 3.05) is 26.0 Å². The third-order valence-electron chi connectivity index (χ3n) is 4.70. The summed E-state index contributed by atoms with van der Waals surface area (Å²) >= 11 is 5.46. The Bertz CT molecular complexity index is 479. The van der Waals surface area contributed by atoms with Crippen molar-refractivity contribution in [2.45, 2.75) is 44.6 Å². The maximum absolute atomic E-state index is 5.46. The van der Waals surface area contributed by atoms with Gasteiger partial charge in [0.25, 0.3) is 0 Å². The smallest absolute Gasteiger partial charge is 0.170 e. The van der Waals surface area contributed by atoms with Crippen LogP contribution in [0.1, 0.15) is 37.7 Å². The Morgan fingerprint density at radius 3 is 2.48 bits per heavy atom. The molecule has 1 aliphatic carbocycles. The lowest BCUT2D eigenvalue weighted by Gasteiger charge is -2.43. The summed E-state index contributed by atoms with van der Waals surface area (Å²) in [5.41, 5.74) is 2.54. The Balaban J connectivity index is 1.92. The number of likely N-dealkylation sites (N-methyl/N-ethyl adjacent to an activating group) is 1. The number of anilines is 1. The molecule has 1 fully saturated rings. The molecule has 1 aliphatic rings. The van der Waals surface area contributed by atoms with E-state index in [-0.39, 0.29) is 5.54 Å². The van der Waals surface area contributed by atoms with Gasteiger partial charge in [-0.2, -0.15) is 0 Å². The summed E-state index contributed by atoms with van der Waals surface area (Å²) < 4.78 is 0. The molecule has 0 unspecified atom stereocenters. The van der Waals surface area contributed by atoms with Crippen LogP contribution in [0.15, 0.2) is 24.3 Å². The molecule has 0 amide bonds. The number of aryl methyl sites for hydroxylation is 1. The predicted molar refractivity (Wildman–Crippen MR) is 94.9 cm³/mol. The van der Waals surface area contributed by atoms with E-state index in [1.807, 2.05) is 12.1 Å². The van der Waals surface area contributed by atoms with E-state index in [1.165, 1.54) is 37.7 Å². The highest BCUT2D eigenvalue weighted by atomic mass is 32.1. The molecule has 0 heterocycles. The van der Waals surface area contributed by atoms with Gasteiger partial charge in [0.1, 0.15) is 0 Å². The van der Waals surface area contributed by atoms with Gasteiger partial charge in [-0.05, 0) is 57.7 Å². The number of thiocarbonyl (C=S) groups is 1. The van der Waals surface area contributed by atoms with Gasteiger partial charge < -0.3 is 15.5 Å². The van der Waals surface area contributed by atoms with Crippen LogP contribution in [-0.4, -0.2) is 36.2 Å². The molecule has 0 radical (unpaired) electrons. The minimum absolute atomic E-state index is 0.246. The van der Waals surface area contributed by atoms with Crippen LogP contribution in [0, 0.1) is 6.92 Å². The fraction of sp³-hybridized carbons (Fsp3) is 0.588. The molecule has 0 aliphatic heterocycles. The normalized spacial score (nSPS) is 17.5. The Hall–Kier alpha value is -1.13. The van der Waals surface area contributed by atoms with Crippen molar-refractivity contribution in [3.8, 4) is 0 Å². The Kier molecular flexibility index (Phi) is 5.59. The summed E-state index contributed by atoms with van der Waals surface area (Å²) in [6, 6.07) is 8.22. The van der Waals surface area contributed by atoms with Gasteiger partial charge in [-0.3, -0.25) is 0 Å². The Morgan fingerprint density at radius 2 is 1.86 bits per heavy atom. The van der Waals surface area contributed by atoms with Gasteiger partial charge in [0.2, 0.25) is 0 Å². The van der Waals surface area contributed by atoms with Gasteiger partial charge in [-0.15, -0.1) is 0 Å². The highest BCUT2D eigenvalue weighted by Gasteiger charge is 2.34. The molecule has 0 aromatic heterocycles. The summed E-state index contributed by atoms with van der Waals surface area (Å²) in [6.45, 7) is 3.01. The topological polar surface area (TPSA) is 27.3 Å². The predicted octanol–water partition coefficient (Wildman–Crippen LogP) is 3.55. The monoisotopic (exact) mass is 305 g/mol. The maximum atomic E-state index is 5.46. The van der Waals surface area contributed by atoms with Gasteiger partial charge in [0, 0.05) is 17.8 Å². The van der Waals surface area contributed by atoms with Gasteiger partial charge in [-0.25, -0.2) is 0 Å². The summed E-state index contributed by atoms with van der Waals surface area (Å²) in [7, 11) is 4.37. The van der Waals surface area contributed by atoms with E-state index in [1.54, 1.807) is 0 Å². The van der Waals surface area contributed by atoms with Crippen LogP contribution in [0.2, 0.25) is 0 Å². The lowest BCUT2D eigenvalue weighted by Crippen LogP contribution is -2.54. The lowest BCUT2D eigenvalue weighted by atomic mass is 9.80. The van der Waals surface area contributed by atoms with Crippen molar-refractivity contribution in [1.29, 1.82) is 0 Å². The highest BCUT2D eigenvalue weighted by molar-refractivity contribution is 7.80. The number of para-hydroxylation sites is 1. The van der Waals surface area contributed by atoms with Crippen molar-refractivity contribution in [3.05, 3.63) is 29.8 Å². The molecule has 21 heavy (non-hydrogen) atoms. The highest BCUT2D eigenvalue weighted by Crippen LogP contribution is 2.31. The summed E-state index contributed by atoms with van der Waals surface area (Å²) in [5.74, 6) is 0. The van der Waals surface area contributed by atoms with Crippen molar-refractivity contribution in [2.24, 2.45) is 0 Å². The van der Waals surface area contributed by atoms with Gasteiger partial charge >= 0.3 is 0 Å². The lowest BCUT2D eigenvalue weighted by molar-refractivity contribution is 0.104. The summed E-state index contributed by atoms with van der Waals surface area (Å²) in [5, 5.41) is 7.46. The first-order valence-corrected chi connectivity index (χ1v) is 8.22. The molecular formula is C17H27N3S. The van der Waals surface area contributed by atoms with E-state index in [0.29, 0.717) is 0 Å². The zero-order valence-corrected chi connectivity index (χ0v) is 14.2. The number of nitrogens with zero attached hydrogens (tertiary/aromatic N) is 1. The van der Waals surface area contributed by atoms with Crippen LogP contribution >= 0.6 is 12.2 Å². The molecule has 2 N–H and O–H groups in total. The first-order valence-electron chi connectivity index (χ1n) is 7.81. The Morgan fingerprint density at radius 1 is 1.19 bits per heavy atom. The molecule has 116 valence electrons. The van der Waals surface area contributed by atoms with Crippen LogP contribution in [0.3, 0.4) is 0 Å². The molecule has 1 aromatic rings. The molecule has 0 saturated heterocycles. The second kappa shape index (κ2) is 7.23. The van der Waals surface area contributed by atoms with Crippen LogP contribution in [0.4, 0.5) is 5.69 Å². The van der Waals surface area contributed by atoms with Crippen molar-refractivity contribution in [1.82, 2.24) is 10.2 Å². The second-order valence-corrected chi connectivity index (χ2v) is 6.71. The van der Waals surface area contributed by atoms with E-state index in [2.05, 4.69) is 48.7 Å². The van der Waals surface area contributed by atoms with Crippen LogP contribution in [0.5, 0.6) is 0 Å². The number of hydrogen-bond donors (Lipinski definition) is 2. The average Bonchev–Trinajstić information content (AvgIpc) is 2.48. The summed E-state index contributed by atoms with van der Waals surface area (Å²) in [6.07, 6.45) is 6.50.